The normalized spacial score (nSPS) is 10.8. The minimum atomic E-state index is -0.599. The molecule has 7 heteroatoms. The van der Waals surface area contributed by atoms with E-state index in [0.717, 1.165) is 12.8 Å². The number of benzene rings is 1. The van der Waals surface area contributed by atoms with Gasteiger partial charge in [0.15, 0.2) is 11.0 Å². The molecule has 0 unspecified atom stereocenters. The third-order valence-electron chi connectivity index (χ3n) is 3.58. The number of carbonyl (C=O) groups is 2. The third-order valence-corrected chi connectivity index (χ3v) is 3.58. The molecule has 0 spiro atoms. The Balaban J connectivity index is 2.61. The van der Waals surface area contributed by atoms with E-state index in [1.54, 1.807) is 16.7 Å². The zero-order chi connectivity index (χ0) is 16.3. The van der Waals surface area contributed by atoms with Crippen molar-refractivity contribution >= 4 is 22.9 Å². The van der Waals surface area contributed by atoms with Gasteiger partial charge in [-0.1, -0.05) is 13.3 Å². The molecule has 0 saturated heterocycles. The lowest BCUT2D eigenvalue weighted by Crippen LogP contribution is -2.33. The van der Waals surface area contributed by atoms with Crippen LogP contribution >= 0.6 is 0 Å². The van der Waals surface area contributed by atoms with Crippen molar-refractivity contribution in [1.82, 2.24) is 4.57 Å². The van der Waals surface area contributed by atoms with E-state index in [4.69, 9.17) is 5.73 Å². The number of hydrogen-bond donors (Lipinski definition) is 1. The van der Waals surface area contributed by atoms with Gasteiger partial charge in [0.2, 0.25) is 5.91 Å². The van der Waals surface area contributed by atoms with Gasteiger partial charge in [0.25, 0.3) is 5.82 Å². The molecule has 22 heavy (non-hydrogen) atoms. The van der Waals surface area contributed by atoms with E-state index in [2.05, 4.69) is 4.74 Å². The van der Waals surface area contributed by atoms with Crippen molar-refractivity contribution in [2.45, 2.75) is 32.7 Å². The minimum absolute atomic E-state index is 0.121. The lowest BCUT2D eigenvalue weighted by Gasteiger charge is -2.05. The Hall–Kier alpha value is -2.57. The molecular weight excluding hydrogens is 286 g/mol. The number of esters is 1. The van der Waals surface area contributed by atoms with Gasteiger partial charge >= 0.3 is 5.97 Å². The summed E-state index contributed by atoms with van der Waals surface area (Å²) in [5.74, 6) is -0.782. The topological polar surface area (TPSA) is 101 Å². The molecule has 0 atom stereocenters. The predicted octanol–water partition coefficient (Wildman–Crippen LogP) is 0.889. The van der Waals surface area contributed by atoms with E-state index in [-0.39, 0.29) is 12.0 Å². The van der Waals surface area contributed by atoms with Crippen molar-refractivity contribution in [2.75, 3.05) is 7.11 Å². The van der Waals surface area contributed by atoms with E-state index in [1.165, 1.54) is 13.2 Å². The molecule has 0 fully saturated rings. The molecule has 2 aromatic rings. The number of imidazole rings is 1. The second-order valence-electron chi connectivity index (χ2n) is 5.04. The molecule has 7 nitrogen and oxygen atoms in total. The van der Waals surface area contributed by atoms with Crippen LogP contribution in [0, 0.1) is 5.21 Å². The Morgan fingerprint density at radius 1 is 1.41 bits per heavy atom. The van der Waals surface area contributed by atoms with Crippen LogP contribution in [0.25, 0.3) is 11.0 Å². The standard InChI is InChI=1S/C15H19N3O4/c1-3-4-7-17-11-6-5-10(15(16)20)8-12(11)18(21)13(17)9-14(19)22-2/h5-6,8H,3-4,7,9H2,1-2H3,(H2,16,20). The number of nitrogens with zero attached hydrogens (tertiary/aromatic N) is 2. The molecule has 0 saturated carbocycles. The van der Waals surface area contributed by atoms with Crippen molar-refractivity contribution in [3.8, 4) is 0 Å². The fraction of sp³-hybridized carbons (Fsp3) is 0.400. The molecular formula is C15H19N3O4. The van der Waals surface area contributed by atoms with Crippen LogP contribution in [0.1, 0.15) is 35.9 Å². The average molecular weight is 305 g/mol. The second-order valence-corrected chi connectivity index (χ2v) is 5.04. The fourth-order valence-electron chi connectivity index (χ4n) is 2.39. The molecule has 0 aliphatic heterocycles. The van der Waals surface area contributed by atoms with Gasteiger partial charge in [-0.2, -0.15) is 0 Å². The van der Waals surface area contributed by atoms with Gasteiger partial charge in [-0.3, -0.25) is 9.59 Å². The highest BCUT2D eigenvalue weighted by Crippen LogP contribution is 2.18. The van der Waals surface area contributed by atoms with Crippen LogP contribution in [0.5, 0.6) is 0 Å². The summed E-state index contributed by atoms with van der Waals surface area (Å²) in [4.78, 5) is 22.8. The van der Waals surface area contributed by atoms with Gasteiger partial charge in [-0.25, -0.2) is 9.30 Å². The fourth-order valence-corrected chi connectivity index (χ4v) is 2.39. The van der Waals surface area contributed by atoms with E-state index in [1.807, 2.05) is 6.92 Å². The number of unbranched alkanes of at least 4 members (excludes halogenated alkanes) is 1. The summed E-state index contributed by atoms with van der Waals surface area (Å²) >= 11 is 0. The zero-order valence-corrected chi connectivity index (χ0v) is 12.7. The molecule has 0 radical (unpaired) electrons. The molecule has 2 N–H and O–H groups in total. The molecule has 118 valence electrons. The Kier molecular flexibility index (Phi) is 4.65. The van der Waals surface area contributed by atoms with Crippen molar-refractivity contribution in [2.24, 2.45) is 5.73 Å². The highest BCUT2D eigenvalue weighted by atomic mass is 16.5. The van der Waals surface area contributed by atoms with Gasteiger partial charge in [0.1, 0.15) is 6.42 Å². The second kappa shape index (κ2) is 6.46. The molecule has 1 amide bonds. The molecule has 0 bridgehead atoms. The highest BCUT2D eigenvalue weighted by Gasteiger charge is 2.24. The minimum Gasteiger partial charge on any atom is -0.710 e. The van der Waals surface area contributed by atoms with Gasteiger partial charge < -0.3 is 15.7 Å². The molecule has 2 rings (SSSR count). The Bertz CT molecular complexity index is 721. The largest absolute Gasteiger partial charge is 0.710 e. The Morgan fingerprint density at radius 2 is 2.14 bits per heavy atom. The number of ether oxygens (including phenoxy) is 1. The van der Waals surface area contributed by atoms with E-state index >= 15 is 0 Å². The first-order valence-corrected chi connectivity index (χ1v) is 7.10. The van der Waals surface area contributed by atoms with Crippen molar-refractivity contribution < 1.29 is 19.1 Å². The van der Waals surface area contributed by atoms with Gasteiger partial charge in [-0.15, -0.1) is 0 Å². The Labute approximate surface area is 127 Å². The first-order chi connectivity index (χ1) is 10.5. The third kappa shape index (κ3) is 2.88. The van der Waals surface area contributed by atoms with Crippen molar-refractivity contribution in [3.63, 3.8) is 0 Å². The summed E-state index contributed by atoms with van der Waals surface area (Å²) in [5.41, 5.74) is 6.51. The number of aromatic nitrogens is 2. The summed E-state index contributed by atoms with van der Waals surface area (Å²) in [6.07, 6.45) is 1.70. The molecule has 1 aromatic carbocycles. The summed E-state index contributed by atoms with van der Waals surface area (Å²) in [6.45, 7) is 2.66. The Morgan fingerprint density at radius 3 is 2.73 bits per heavy atom. The van der Waals surface area contributed by atoms with Crippen LogP contribution < -0.4 is 10.5 Å². The monoisotopic (exact) mass is 305 g/mol. The summed E-state index contributed by atoms with van der Waals surface area (Å²) in [6, 6.07) is 4.71. The van der Waals surface area contributed by atoms with Crippen LogP contribution in [0.2, 0.25) is 0 Å². The number of hydrogen-bond acceptors (Lipinski definition) is 4. The number of aryl methyl sites for hydroxylation is 1. The number of rotatable bonds is 6. The van der Waals surface area contributed by atoms with Gasteiger partial charge in [0, 0.05) is 11.6 Å². The average Bonchev–Trinajstić information content (AvgIpc) is 2.77. The van der Waals surface area contributed by atoms with Crippen LogP contribution in [0.15, 0.2) is 18.2 Å². The van der Waals surface area contributed by atoms with E-state index in [0.29, 0.717) is 28.1 Å². The maximum atomic E-state index is 12.5. The van der Waals surface area contributed by atoms with Crippen LogP contribution in [-0.4, -0.2) is 23.6 Å². The lowest BCUT2D eigenvalue weighted by molar-refractivity contribution is -0.586. The molecule has 1 aromatic heterocycles. The van der Waals surface area contributed by atoms with Crippen molar-refractivity contribution in [3.05, 3.63) is 34.8 Å². The predicted molar refractivity (Wildman–Crippen MR) is 80.0 cm³/mol. The SMILES string of the molecule is CCCCn1c(CC(=O)OC)[n+]([O-])c2cc(C(N)=O)ccc21. The number of amides is 1. The molecule has 0 aliphatic carbocycles. The summed E-state index contributed by atoms with van der Waals surface area (Å²) in [5, 5.41) is 12.5. The van der Waals surface area contributed by atoms with Gasteiger partial charge in [0.05, 0.1) is 13.7 Å². The smallest absolute Gasteiger partial charge is 0.317 e. The van der Waals surface area contributed by atoms with E-state index in [9.17, 15) is 14.8 Å². The van der Waals surface area contributed by atoms with Crippen molar-refractivity contribution in [1.29, 1.82) is 0 Å². The number of carbonyl (C=O) groups excluding carboxylic acids is 2. The van der Waals surface area contributed by atoms with Crippen LogP contribution in [0.4, 0.5) is 0 Å². The highest BCUT2D eigenvalue weighted by molar-refractivity contribution is 5.95. The quantitative estimate of drug-likeness (QED) is 0.486. The first kappa shape index (κ1) is 15.8. The van der Waals surface area contributed by atoms with Gasteiger partial charge in [-0.05, 0) is 18.6 Å². The van der Waals surface area contributed by atoms with E-state index < -0.39 is 11.9 Å². The molecule has 0 aliphatic rings. The number of nitrogens with two attached hydrogens (primary N) is 1. The maximum absolute atomic E-state index is 12.5. The number of methoxy groups -OCH3 is 1. The van der Waals surface area contributed by atoms with Crippen LogP contribution in [-0.2, 0) is 22.5 Å². The first-order valence-electron chi connectivity index (χ1n) is 7.10. The summed E-state index contributed by atoms with van der Waals surface area (Å²) < 4.78 is 7.12. The lowest BCUT2D eigenvalue weighted by atomic mass is 10.2. The number of fused-ring (bicyclic) bond motifs is 1. The summed E-state index contributed by atoms with van der Waals surface area (Å²) in [7, 11) is 1.28. The number of primary amides is 1. The zero-order valence-electron chi connectivity index (χ0n) is 12.7. The van der Waals surface area contributed by atoms with Crippen LogP contribution in [0.3, 0.4) is 0 Å². The maximum Gasteiger partial charge on any atom is 0.317 e. The molecule has 1 heterocycles.